The summed E-state index contributed by atoms with van der Waals surface area (Å²) >= 11 is 0. The van der Waals surface area contributed by atoms with Crippen molar-refractivity contribution < 1.29 is 13.5 Å². The minimum absolute atomic E-state index is 0.00950. The average molecular weight is 296 g/mol. The van der Waals surface area contributed by atoms with Crippen molar-refractivity contribution in [2.75, 3.05) is 5.75 Å². The molecule has 1 aliphatic carbocycles. The zero-order valence-corrected chi connectivity index (χ0v) is 13.3. The summed E-state index contributed by atoms with van der Waals surface area (Å²) in [4.78, 5) is 0.294. The zero-order valence-electron chi connectivity index (χ0n) is 12.5. The van der Waals surface area contributed by atoms with Crippen LogP contribution in [0.5, 0.6) is 0 Å². The molecule has 4 heteroatoms. The summed E-state index contributed by atoms with van der Waals surface area (Å²) in [5.41, 5.74) is -1.55. The predicted molar refractivity (Wildman–Crippen MR) is 80.2 cm³/mol. The van der Waals surface area contributed by atoms with Crippen molar-refractivity contribution in [2.45, 2.75) is 50.5 Å². The van der Waals surface area contributed by atoms with Gasteiger partial charge in [-0.05, 0) is 36.3 Å². The second-order valence-electron chi connectivity index (χ2n) is 6.67. The van der Waals surface area contributed by atoms with E-state index >= 15 is 0 Å². The first-order chi connectivity index (χ1) is 9.19. The third-order valence-corrected chi connectivity index (χ3v) is 6.75. The lowest BCUT2D eigenvalue weighted by atomic mass is 9.61. The first kappa shape index (κ1) is 15.5. The van der Waals surface area contributed by atoms with Crippen molar-refractivity contribution in [3.63, 3.8) is 0 Å². The van der Waals surface area contributed by atoms with E-state index < -0.39 is 15.4 Å². The minimum Gasteiger partial charge on any atom is -0.388 e. The van der Waals surface area contributed by atoms with Gasteiger partial charge in [0.1, 0.15) is 0 Å². The van der Waals surface area contributed by atoms with Gasteiger partial charge in [0.25, 0.3) is 0 Å². The largest absolute Gasteiger partial charge is 0.388 e. The molecule has 2 rings (SSSR count). The molecule has 1 aliphatic rings. The van der Waals surface area contributed by atoms with Crippen LogP contribution in [0.15, 0.2) is 35.2 Å². The Balaban J connectivity index is 2.36. The van der Waals surface area contributed by atoms with Crippen LogP contribution in [-0.2, 0) is 9.84 Å². The maximum Gasteiger partial charge on any atom is 0.181 e. The van der Waals surface area contributed by atoms with Crippen LogP contribution in [0.25, 0.3) is 0 Å². The Morgan fingerprint density at radius 1 is 1.25 bits per heavy atom. The van der Waals surface area contributed by atoms with Gasteiger partial charge in [-0.2, -0.15) is 0 Å². The van der Waals surface area contributed by atoms with Crippen molar-refractivity contribution in [3.05, 3.63) is 30.3 Å². The summed E-state index contributed by atoms with van der Waals surface area (Å²) in [7, 11) is -3.47. The smallest absolute Gasteiger partial charge is 0.181 e. The second kappa shape index (κ2) is 5.15. The molecule has 20 heavy (non-hydrogen) atoms. The van der Waals surface area contributed by atoms with Gasteiger partial charge in [-0.1, -0.05) is 45.4 Å². The van der Waals surface area contributed by atoms with Crippen molar-refractivity contribution >= 4 is 9.84 Å². The van der Waals surface area contributed by atoms with E-state index in [1.54, 1.807) is 30.3 Å². The summed E-state index contributed by atoms with van der Waals surface area (Å²) in [5.74, 6) is -0.206. The molecule has 0 spiro atoms. The highest BCUT2D eigenvalue weighted by Crippen LogP contribution is 2.48. The van der Waals surface area contributed by atoms with Crippen LogP contribution in [0, 0.1) is 11.3 Å². The molecule has 1 fully saturated rings. The van der Waals surface area contributed by atoms with Crippen molar-refractivity contribution in [1.82, 2.24) is 0 Å². The van der Waals surface area contributed by atoms with E-state index in [9.17, 15) is 13.5 Å². The normalized spacial score (nSPS) is 30.1. The van der Waals surface area contributed by atoms with Crippen LogP contribution in [0.2, 0.25) is 0 Å². The van der Waals surface area contributed by atoms with Gasteiger partial charge in [-0.3, -0.25) is 0 Å². The van der Waals surface area contributed by atoms with E-state index in [1.165, 1.54) is 0 Å². The lowest BCUT2D eigenvalue weighted by Crippen LogP contribution is -2.56. The van der Waals surface area contributed by atoms with Crippen molar-refractivity contribution in [3.8, 4) is 0 Å². The predicted octanol–water partition coefficient (Wildman–Crippen LogP) is 3.04. The monoisotopic (exact) mass is 296 g/mol. The van der Waals surface area contributed by atoms with Crippen molar-refractivity contribution in [2.24, 2.45) is 11.3 Å². The van der Waals surface area contributed by atoms with E-state index in [2.05, 4.69) is 0 Å². The first-order valence-electron chi connectivity index (χ1n) is 7.19. The van der Waals surface area contributed by atoms with Gasteiger partial charge in [-0.25, -0.2) is 8.42 Å². The van der Waals surface area contributed by atoms with E-state index in [-0.39, 0.29) is 17.1 Å². The van der Waals surface area contributed by atoms with Crippen LogP contribution in [-0.4, -0.2) is 24.9 Å². The van der Waals surface area contributed by atoms with Gasteiger partial charge in [0.2, 0.25) is 0 Å². The zero-order chi connectivity index (χ0) is 15.0. The van der Waals surface area contributed by atoms with E-state index in [4.69, 9.17) is 0 Å². The molecular weight excluding hydrogens is 272 g/mol. The number of benzene rings is 1. The van der Waals surface area contributed by atoms with E-state index in [0.717, 1.165) is 19.3 Å². The SMILES string of the molecule is CC1CCCC(C)(C)C1(O)CS(=O)(=O)c1ccccc1. The molecule has 0 aliphatic heterocycles. The maximum atomic E-state index is 12.6. The quantitative estimate of drug-likeness (QED) is 0.932. The Morgan fingerprint density at radius 2 is 1.85 bits per heavy atom. The highest BCUT2D eigenvalue weighted by molar-refractivity contribution is 7.91. The molecule has 0 aromatic heterocycles. The summed E-state index contributed by atoms with van der Waals surface area (Å²) in [6, 6.07) is 8.41. The highest BCUT2D eigenvalue weighted by Gasteiger charge is 2.52. The number of aliphatic hydroxyl groups is 1. The van der Waals surface area contributed by atoms with E-state index in [0.29, 0.717) is 4.90 Å². The Labute approximate surface area is 121 Å². The summed E-state index contributed by atoms with van der Waals surface area (Å²) in [5, 5.41) is 11.1. The standard InChI is InChI=1S/C16H24O3S/c1-13-8-7-11-15(2,3)16(13,17)12-20(18,19)14-9-5-4-6-10-14/h4-6,9-10,13,17H,7-8,11-12H2,1-3H3. The number of rotatable bonds is 3. The fraction of sp³-hybridized carbons (Fsp3) is 0.625. The van der Waals surface area contributed by atoms with Gasteiger partial charge >= 0.3 is 0 Å². The van der Waals surface area contributed by atoms with Gasteiger partial charge in [0, 0.05) is 0 Å². The van der Waals surface area contributed by atoms with Crippen LogP contribution < -0.4 is 0 Å². The molecule has 1 N–H and O–H groups in total. The molecule has 0 bridgehead atoms. The fourth-order valence-corrected chi connectivity index (χ4v) is 5.30. The summed E-state index contributed by atoms with van der Waals surface area (Å²) in [6.07, 6.45) is 2.78. The number of hydrogen-bond acceptors (Lipinski definition) is 3. The lowest BCUT2D eigenvalue weighted by Gasteiger charge is -2.50. The third kappa shape index (κ3) is 2.63. The molecule has 0 saturated heterocycles. The molecule has 0 heterocycles. The lowest BCUT2D eigenvalue weighted by molar-refractivity contribution is -0.115. The van der Waals surface area contributed by atoms with Gasteiger partial charge in [-0.15, -0.1) is 0 Å². The molecule has 0 radical (unpaired) electrons. The van der Waals surface area contributed by atoms with Crippen LogP contribution in [0.3, 0.4) is 0 Å². The Kier molecular flexibility index (Phi) is 4.00. The molecule has 1 saturated carbocycles. The minimum atomic E-state index is -3.47. The van der Waals surface area contributed by atoms with Gasteiger partial charge < -0.3 is 5.11 Å². The third-order valence-electron chi connectivity index (χ3n) is 4.94. The van der Waals surface area contributed by atoms with Crippen LogP contribution in [0.1, 0.15) is 40.0 Å². The molecular formula is C16H24O3S. The Morgan fingerprint density at radius 3 is 2.40 bits per heavy atom. The summed E-state index contributed by atoms with van der Waals surface area (Å²) in [6.45, 7) is 5.91. The molecule has 1 aromatic rings. The molecule has 2 unspecified atom stereocenters. The number of sulfone groups is 1. The Hall–Kier alpha value is -0.870. The van der Waals surface area contributed by atoms with Crippen LogP contribution >= 0.6 is 0 Å². The fourth-order valence-electron chi connectivity index (χ4n) is 3.31. The van der Waals surface area contributed by atoms with Crippen LogP contribution in [0.4, 0.5) is 0 Å². The van der Waals surface area contributed by atoms with Gasteiger partial charge in [0.05, 0.1) is 16.2 Å². The molecule has 1 aromatic carbocycles. The first-order valence-corrected chi connectivity index (χ1v) is 8.84. The molecule has 2 atom stereocenters. The van der Waals surface area contributed by atoms with Gasteiger partial charge in [0.15, 0.2) is 9.84 Å². The highest BCUT2D eigenvalue weighted by atomic mass is 32.2. The maximum absolute atomic E-state index is 12.6. The molecule has 3 nitrogen and oxygen atoms in total. The molecule has 112 valence electrons. The molecule has 0 amide bonds. The Bertz CT molecular complexity index is 563. The van der Waals surface area contributed by atoms with Crippen molar-refractivity contribution in [1.29, 1.82) is 0 Å². The second-order valence-corrected chi connectivity index (χ2v) is 8.66. The van der Waals surface area contributed by atoms with E-state index in [1.807, 2.05) is 20.8 Å². The number of hydrogen-bond donors (Lipinski definition) is 1. The summed E-state index contributed by atoms with van der Waals surface area (Å²) < 4.78 is 25.2. The average Bonchev–Trinajstić information content (AvgIpc) is 2.37. The topological polar surface area (TPSA) is 54.4 Å².